The van der Waals surface area contributed by atoms with Gasteiger partial charge < -0.3 is 19.9 Å². The molecule has 0 unspecified atom stereocenters. The maximum atomic E-state index is 12.3. The molecule has 1 saturated carbocycles. The highest BCUT2D eigenvalue weighted by Gasteiger charge is 2.42. The summed E-state index contributed by atoms with van der Waals surface area (Å²) >= 11 is 0. The van der Waals surface area contributed by atoms with Gasteiger partial charge in [-0.1, -0.05) is 13.3 Å². The Balaban J connectivity index is 1.34. The average Bonchev–Trinajstić information content (AvgIpc) is 3.32. The fourth-order valence-corrected chi connectivity index (χ4v) is 4.48. The van der Waals surface area contributed by atoms with E-state index in [1.807, 2.05) is 12.4 Å². The number of aliphatic hydroxyl groups excluding tert-OH is 1. The predicted molar refractivity (Wildman–Crippen MR) is 105 cm³/mol. The molecule has 0 aromatic carbocycles. The van der Waals surface area contributed by atoms with E-state index in [4.69, 9.17) is 0 Å². The van der Waals surface area contributed by atoms with E-state index in [1.165, 1.54) is 5.56 Å². The van der Waals surface area contributed by atoms with Crippen LogP contribution in [0.25, 0.3) is 0 Å². The number of anilines is 1. The number of hydrogen-bond acceptors (Lipinski definition) is 6. The normalized spacial score (nSPS) is 26.9. The number of fused-ring (bicyclic) bond motifs is 1. The lowest BCUT2D eigenvalue weighted by Gasteiger charge is -2.35. The molecule has 2 aromatic heterocycles. The van der Waals surface area contributed by atoms with Crippen molar-refractivity contribution in [3.05, 3.63) is 36.7 Å². The van der Waals surface area contributed by atoms with Crippen molar-refractivity contribution >= 4 is 11.9 Å². The number of aliphatic hydroxyl groups is 1. The van der Waals surface area contributed by atoms with Crippen molar-refractivity contribution in [3.8, 4) is 0 Å². The largest absolute Gasteiger partial charge is 0.391 e. The summed E-state index contributed by atoms with van der Waals surface area (Å²) in [6, 6.07) is -0.204. The lowest BCUT2D eigenvalue weighted by molar-refractivity contribution is -0.124. The van der Waals surface area contributed by atoms with E-state index in [2.05, 4.69) is 32.1 Å². The van der Waals surface area contributed by atoms with Crippen LogP contribution in [-0.4, -0.2) is 55.8 Å². The first-order chi connectivity index (χ1) is 13.6. The van der Waals surface area contributed by atoms with Crippen LogP contribution < -0.4 is 10.2 Å². The Morgan fingerprint density at radius 1 is 1.25 bits per heavy atom. The Morgan fingerprint density at radius 2 is 2.00 bits per heavy atom. The van der Waals surface area contributed by atoms with E-state index in [-0.39, 0.29) is 18.5 Å². The third-order valence-corrected chi connectivity index (χ3v) is 5.89. The number of carbonyl (C=O) groups is 1. The SMILES string of the molecule is CCCc1cnc(N2C[C@H]3C[C@H](O)[C@@H](NC(=O)Cn4ccnc4)C[C@H]3C2)nc1. The zero-order valence-electron chi connectivity index (χ0n) is 16.2. The Morgan fingerprint density at radius 3 is 2.68 bits per heavy atom. The maximum Gasteiger partial charge on any atom is 0.240 e. The number of imidazole rings is 1. The first kappa shape index (κ1) is 18.9. The average molecular weight is 384 g/mol. The fourth-order valence-electron chi connectivity index (χ4n) is 4.48. The minimum atomic E-state index is -0.513. The third kappa shape index (κ3) is 4.16. The van der Waals surface area contributed by atoms with E-state index < -0.39 is 6.10 Å². The van der Waals surface area contributed by atoms with Crippen LogP contribution in [0, 0.1) is 11.8 Å². The van der Waals surface area contributed by atoms with Crippen LogP contribution in [0.15, 0.2) is 31.1 Å². The molecule has 1 aliphatic carbocycles. The van der Waals surface area contributed by atoms with Crippen molar-refractivity contribution in [1.29, 1.82) is 0 Å². The molecule has 2 fully saturated rings. The van der Waals surface area contributed by atoms with Gasteiger partial charge in [-0.3, -0.25) is 4.79 Å². The molecule has 8 nitrogen and oxygen atoms in total. The molecule has 2 aliphatic rings. The van der Waals surface area contributed by atoms with Crippen LogP contribution >= 0.6 is 0 Å². The van der Waals surface area contributed by atoms with E-state index in [0.29, 0.717) is 18.3 Å². The number of aryl methyl sites for hydroxylation is 1. The van der Waals surface area contributed by atoms with E-state index in [0.717, 1.165) is 38.3 Å². The van der Waals surface area contributed by atoms with Crippen LogP contribution in [0.5, 0.6) is 0 Å². The summed E-state index contributed by atoms with van der Waals surface area (Å²) < 4.78 is 1.73. The van der Waals surface area contributed by atoms with E-state index in [9.17, 15) is 9.90 Å². The lowest BCUT2D eigenvalue weighted by Crippen LogP contribution is -2.50. The van der Waals surface area contributed by atoms with Crippen molar-refractivity contribution in [2.75, 3.05) is 18.0 Å². The lowest BCUT2D eigenvalue weighted by atomic mass is 9.77. The molecule has 1 aliphatic heterocycles. The summed E-state index contributed by atoms with van der Waals surface area (Å²) in [6.07, 6.45) is 11.9. The molecule has 8 heteroatoms. The zero-order chi connectivity index (χ0) is 19.5. The quantitative estimate of drug-likeness (QED) is 0.772. The van der Waals surface area contributed by atoms with Crippen LogP contribution in [0.3, 0.4) is 0 Å². The summed E-state index contributed by atoms with van der Waals surface area (Å²) in [5.74, 6) is 1.52. The van der Waals surface area contributed by atoms with Gasteiger partial charge in [-0.05, 0) is 36.7 Å². The first-order valence-corrected chi connectivity index (χ1v) is 10.1. The molecule has 2 aromatic rings. The summed E-state index contributed by atoms with van der Waals surface area (Å²) in [7, 11) is 0. The highest BCUT2D eigenvalue weighted by molar-refractivity contribution is 5.76. The smallest absolute Gasteiger partial charge is 0.240 e. The van der Waals surface area contributed by atoms with Crippen LogP contribution in [-0.2, 0) is 17.8 Å². The molecular weight excluding hydrogens is 356 g/mol. The standard InChI is InChI=1S/C20H28N6O2/c1-2-3-14-8-22-20(23-9-14)26-10-15-6-17(18(27)7-16(15)11-26)24-19(28)12-25-5-4-21-13-25/h4-5,8-9,13,15-18,27H,2-3,6-7,10-12H2,1H3,(H,24,28)/t15-,16+,17-,18-/m0/s1. The zero-order valence-corrected chi connectivity index (χ0v) is 16.2. The summed E-state index contributed by atoms with van der Waals surface area (Å²) in [5.41, 5.74) is 1.17. The van der Waals surface area contributed by atoms with Crippen molar-refractivity contribution < 1.29 is 9.90 Å². The maximum absolute atomic E-state index is 12.3. The number of rotatable bonds is 6. The minimum Gasteiger partial charge on any atom is -0.391 e. The molecule has 4 atom stereocenters. The number of amides is 1. The van der Waals surface area contributed by atoms with Gasteiger partial charge in [-0.25, -0.2) is 15.0 Å². The predicted octanol–water partition coefficient (Wildman–Crippen LogP) is 1.02. The third-order valence-electron chi connectivity index (χ3n) is 5.89. The van der Waals surface area contributed by atoms with Gasteiger partial charge in [0, 0.05) is 37.9 Å². The summed E-state index contributed by atoms with van der Waals surface area (Å²) in [6.45, 7) is 4.11. The molecule has 3 heterocycles. The van der Waals surface area contributed by atoms with Crippen LogP contribution in [0.4, 0.5) is 5.95 Å². The Hall–Kier alpha value is -2.48. The molecule has 1 saturated heterocycles. The molecule has 0 bridgehead atoms. The monoisotopic (exact) mass is 384 g/mol. The van der Waals surface area contributed by atoms with E-state index >= 15 is 0 Å². The highest BCUT2D eigenvalue weighted by Crippen LogP contribution is 2.37. The van der Waals surface area contributed by atoms with Gasteiger partial charge >= 0.3 is 0 Å². The van der Waals surface area contributed by atoms with Gasteiger partial charge in [0.2, 0.25) is 11.9 Å². The minimum absolute atomic E-state index is 0.0924. The Kier molecular flexibility index (Phi) is 5.57. The number of aromatic nitrogens is 4. The molecule has 150 valence electrons. The molecule has 28 heavy (non-hydrogen) atoms. The van der Waals surface area contributed by atoms with Gasteiger partial charge in [0.1, 0.15) is 6.54 Å². The van der Waals surface area contributed by atoms with Gasteiger partial charge in [-0.15, -0.1) is 0 Å². The fraction of sp³-hybridized carbons (Fsp3) is 0.600. The number of nitrogens with one attached hydrogen (secondary N) is 1. The molecule has 1 amide bonds. The van der Waals surface area contributed by atoms with Crippen molar-refractivity contribution in [2.45, 2.75) is 51.3 Å². The van der Waals surface area contributed by atoms with Crippen LogP contribution in [0.2, 0.25) is 0 Å². The molecule has 4 rings (SSSR count). The molecular formula is C20H28N6O2. The number of hydrogen-bond donors (Lipinski definition) is 2. The second kappa shape index (κ2) is 8.26. The second-order valence-corrected chi connectivity index (χ2v) is 8.01. The summed E-state index contributed by atoms with van der Waals surface area (Å²) in [5, 5.41) is 13.6. The van der Waals surface area contributed by atoms with Gasteiger partial charge in [0.15, 0.2) is 0 Å². The highest BCUT2D eigenvalue weighted by atomic mass is 16.3. The number of carbonyl (C=O) groups excluding carboxylic acids is 1. The van der Waals surface area contributed by atoms with E-state index in [1.54, 1.807) is 23.3 Å². The molecule has 2 N–H and O–H groups in total. The molecule has 0 radical (unpaired) electrons. The van der Waals surface area contributed by atoms with Gasteiger partial charge in [0.05, 0.1) is 18.5 Å². The Bertz CT molecular complexity index is 779. The van der Waals surface area contributed by atoms with Crippen LogP contribution in [0.1, 0.15) is 31.7 Å². The Labute approximate surface area is 165 Å². The first-order valence-electron chi connectivity index (χ1n) is 10.1. The number of nitrogens with zero attached hydrogens (tertiary/aromatic N) is 5. The van der Waals surface area contributed by atoms with Gasteiger partial charge in [0.25, 0.3) is 0 Å². The topological polar surface area (TPSA) is 96.2 Å². The van der Waals surface area contributed by atoms with Crippen molar-refractivity contribution in [3.63, 3.8) is 0 Å². The van der Waals surface area contributed by atoms with Gasteiger partial charge in [-0.2, -0.15) is 0 Å². The van der Waals surface area contributed by atoms with Crippen molar-refractivity contribution in [2.24, 2.45) is 11.8 Å². The second-order valence-electron chi connectivity index (χ2n) is 8.01. The summed E-state index contributed by atoms with van der Waals surface area (Å²) in [4.78, 5) is 27.5. The van der Waals surface area contributed by atoms with Crippen molar-refractivity contribution in [1.82, 2.24) is 24.8 Å². The molecule has 0 spiro atoms.